The third-order valence-electron chi connectivity index (χ3n) is 7.59. The molecule has 0 spiro atoms. The molecule has 0 atom stereocenters. The van der Waals surface area contributed by atoms with Gasteiger partial charge >= 0.3 is 0 Å². The van der Waals surface area contributed by atoms with Crippen LogP contribution >= 0.6 is 12.2 Å². The molecule has 4 aromatic heterocycles. The number of piperazine rings is 1. The average Bonchev–Trinajstić information content (AvgIpc) is 3.69. The first-order valence-corrected chi connectivity index (χ1v) is 14.2. The van der Waals surface area contributed by atoms with Gasteiger partial charge in [0.05, 0.1) is 36.1 Å². The van der Waals surface area contributed by atoms with Gasteiger partial charge in [0, 0.05) is 80.6 Å². The summed E-state index contributed by atoms with van der Waals surface area (Å²) in [6, 6.07) is 14.2. The highest BCUT2D eigenvalue weighted by molar-refractivity contribution is 7.80. The van der Waals surface area contributed by atoms with E-state index in [-0.39, 0.29) is 0 Å². The van der Waals surface area contributed by atoms with E-state index < -0.39 is 0 Å². The van der Waals surface area contributed by atoms with E-state index in [0.29, 0.717) is 17.9 Å². The number of methoxy groups -OCH3 is 1. The molecule has 1 aromatic carbocycles. The summed E-state index contributed by atoms with van der Waals surface area (Å²) < 4.78 is 8.91. The second kappa shape index (κ2) is 11.8. The molecular weight excluding hydrogens is 558 g/mol. The zero-order chi connectivity index (χ0) is 29.9. The summed E-state index contributed by atoms with van der Waals surface area (Å²) >= 11 is 5.69. The summed E-state index contributed by atoms with van der Waals surface area (Å²) in [4.78, 5) is 9.25. The van der Waals surface area contributed by atoms with E-state index in [1.807, 2.05) is 56.1 Å². The summed E-state index contributed by atoms with van der Waals surface area (Å²) in [5, 5.41) is 22.5. The summed E-state index contributed by atoms with van der Waals surface area (Å²) in [5.74, 6) is 4.21. The Labute approximate surface area is 255 Å². The maximum absolute atomic E-state index is 9.72. The molecule has 5 heterocycles. The third-order valence-corrected chi connectivity index (χ3v) is 7.99. The second-order valence-corrected chi connectivity index (χ2v) is 10.6. The highest BCUT2D eigenvalue weighted by Crippen LogP contribution is 2.32. The van der Waals surface area contributed by atoms with Crippen molar-refractivity contribution in [3.8, 4) is 46.4 Å². The number of aryl methyl sites for hydroxylation is 1. The molecule has 43 heavy (non-hydrogen) atoms. The number of hydrogen-bond donors (Lipinski definition) is 1. The minimum absolute atomic E-state index is 0.515. The zero-order valence-corrected chi connectivity index (χ0v) is 24.7. The van der Waals surface area contributed by atoms with Gasteiger partial charge in [-0.3, -0.25) is 4.68 Å². The Balaban J connectivity index is 1.13. The lowest BCUT2D eigenvalue weighted by Crippen LogP contribution is -2.51. The maximum Gasteiger partial charge on any atom is 0.169 e. The van der Waals surface area contributed by atoms with Crippen molar-refractivity contribution in [1.29, 1.82) is 5.26 Å². The van der Waals surface area contributed by atoms with E-state index >= 15 is 0 Å². The molecule has 10 nitrogen and oxygen atoms in total. The minimum atomic E-state index is 0.515. The number of terminal acetylenes is 1. The molecule has 0 saturated carbocycles. The van der Waals surface area contributed by atoms with E-state index in [0.717, 1.165) is 76.0 Å². The molecule has 5 aromatic rings. The van der Waals surface area contributed by atoms with Gasteiger partial charge in [0.2, 0.25) is 0 Å². The largest absolute Gasteiger partial charge is 0.495 e. The van der Waals surface area contributed by atoms with Crippen molar-refractivity contribution in [3.63, 3.8) is 0 Å². The van der Waals surface area contributed by atoms with E-state index in [1.54, 1.807) is 22.5 Å². The van der Waals surface area contributed by atoms with Gasteiger partial charge < -0.3 is 19.9 Å². The van der Waals surface area contributed by atoms with E-state index in [1.165, 1.54) is 0 Å². The average molecular weight is 588 g/mol. The Bertz CT molecular complexity index is 1890. The molecule has 11 heteroatoms. The minimum Gasteiger partial charge on any atom is -0.495 e. The molecule has 0 aliphatic carbocycles. The second-order valence-electron chi connectivity index (χ2n) is 10.2. The quantitative estimate of drug-likeness (QED) is 0.235. The van der Waals surface area contributed by atoms with Gasteiger partial charge in [0.25, 0.3) is 0 Å². The van der Waals surface area contributed by atoms with Crippen LogP contribution in [0, 0.1) is 23.7 Å². The summed E-state index contributed by atoms with van der Waals surface area (Å²) in [7, 11) is 3.50. The molecule has 0 unspecified atom stereocenters. The Kier molecular flexibility index (Phi) is 7.65. The lowest BCUT2D eigenvalue weighted by molar-refractivity contribution is 0.378. The van der Waals surface area contributed by atoms with Crippen LogP contribution in [0.5, 0.6) is 5.75 Å². The smallest absolute Gasteiger partial charge is 0.169 e. The highest BCUT2D eigenvalue weighted by atomic mass is 32.1. The number of nitrogens with one attached hydrogen (secondary N) is 1. The van der Waals surface area contributed by atoms with Crippen LogP contribution in [0.3, 0.4) is 0 Å². The fraction of sp³-hybridized carbons (Fsp3) is 0.219. The number of benzene rings is 1. The third kappa shape index (κ3) is 5.59. The number of anilines is 1. The summed E-state index contributed by atoms with van der Waals surface area (Å²) in [5.41, 5.74) is 6.77. The summed E-state index contributed by atoms with van der Waals surface area (Å²) in [6.45, 7) is 3.73. The first-order valence-electron chi connectivity index (χ1n) is 13.8. The van der Waals surface area contributed by atoms with Crippen molar-refractivity contribution in [2.45, 2.75) is 6.54 Å². The Hall–Kier alpha value is -5.39. The van der Waals surface area contributed by atoms with Crippen LogP contribution in [-0.4, -0.2) is 67.7 Å². The first kappa shape index (κ1) is 27.8. The first-order chi connectivity index (χ1) is 21.0. The number of aromatic nitrogens is 5. The van der Waals surface area contributed by atoms with Crippen molar-refractivity contribution in [2.24, 2.45) is 7.05 Å². The number of thiocarbonyl (C=S) groups is 1. The van der Waals surface area contributed by atoms with Crippen LogP contribution in [0.2, 0.25) is 0 Å². The van der Waals surface area contributed by atoms with Gasteiger partial charge in [-0.05, 0) is 48.1 Å². The molecular formula is C32H29N9OS. The number of ether oxygens (including phenoxy) is 1. The Morgan fingerprint density at radius 1 is 1.00 bits per heavy atom. The molecule has 214 valence electrons. The van der Waals surface area contributed by atoms with Gasteiger partial charge in [0.1, 0.15) is 17.6 Å². The van der Waals surface area contributed by atoms with Crippen LogP contribution in [0.25, 0.3) is 27.8 Å². The molecule has 1 aliphatic rings. The van der Waals surface area contributed by atoms with Gasteiger partial charge in [0.15, 0.2) is 5.11 Å². The number of fused-ring (bicyclic) bond motifs is 1. The van der Waals surface area contributed by atoms with Crippen LogP contribution in [0.4, 0.5) is 5.82 Å². The molecule has 1 N–H and O–H groups in total. The maximum atomic E-state index is 9.72. The molecule has 0 radical (unpaired) electrons. The Morgan fingerprint density at radius 2 is 1.84 bits per heavy atom. The highest BCUT2D eigenvalue weighted by Gasteiger charge is 2.21. The molecule has 1 fully saturated rings. The van der Waals surface area contributed by atoms with Gasteiger partial charge in [-0.2, -0.15) is 15.5 Å². The molecule has 0 bridgehead atoms. The molecule has 1 saturated heterocycles. The normalized spacial score (nSPS) is 13.0. The van der Waals surface area contributed by atoms with Crippen LogP contribution in [0.15, 0.2) is 67.4 Å². The fourth-order valence-corrected chi connectivity index (χ4v) is 5.53. The lowest BCUT2D eigenvalue weighted by atomic mass is 10.0. The van der Waals surface area contributed by atoms with E-state index in [2.05, 4.69) is 49.4 Å². The summed E-state index contributed by atoms with van der Waals surface area (Å²) in [6.07, 6.45) is 14.7. The number of hydrogen-bond acceptors (Lipinski definition) is 7. The monoisotopic (exact) mass is 587 g/mol. The number of nitrogens with zero attached hydrogens (tertiary/aromatic N) is 8. The number of rotatable bonds is 6. The molecule has 0 amide bonds. The SMILES string of the molecule is C#Cc1ccc(CNC(=S)N2CCN(c3ccc(-c4cc(-c5cnn(C)c5)cn5ncc(C#N)c45)cn3)CC2)cc1OC. The van der Waals surface area contributed by atoms with Gasteiger partial charge in [-0.15, -0.1) is 6.42 Å². The van der Waals surface area contributed by atoms with E-state index in [4.69, 9.17) is 28.4 Å². The van der Waals surface area contributed by atoms with Crippen molar-refractivity contribution in [1.82, 2.24) is 34.6 Å². The van der Waals surface area contributed by atoms with Gasteiger partial charge in [-0.1, -0.05) is 12.0 Å². The van der Waals surface area contributed by atoms with Crippen molar-refractivity contribution >= 4 is 28.7 Å². The standard InChI is InChI=1S/C32H29N9OS/c1-4-23-6-5-22(13-29(23)42-3)16-35-32(43)40-11-9-39(10-12-40)30-8-7-24(17-34-30)28-14-25(27-19-36-38(2)20-27)21-41-31(28)26(15-33)18-37-41/h1,5-8,13-14,17-21H,9-12,16H2,2-3H3,(H,35,43). The number of nitriles is 1. The van der Waals surface area contributed by atoms with Crippen molar-refractivity contribution in [2.75, 3.05) is 38.2 Å². The van der Waals surface area contributed by atoms with Crippen molar-refractivity contribution in [3.05, 3.63) is 84.1 Å². The predicted octanol–water partition coefficient (Wildman–Crippen LogP) is 3.86. The van der Waals surface area contributed by atoms with Crippen LogP contribution in [-0.2, 0) is 13.6 Å². The Morgan fingerprint density at radius 3 is 2.51 bits per heavy atom. The zero-order valence-electron chi connectivity index (χ0n) is 23.9. The predicted molar refractivity (Wildman–Crippen MR) is 169 cm³/mol. The van der Waals surface area contributed by atoms with E-state index in [9.17, 15) is 5.26 Å². The van der Waals surface area contributed by atoms with Crippen LogP contribution < -0.4 is 15.0 Å². The molecule has 1 aliphatic heterocycles. The van der Waals surface area contributed by atoms with Gasteiger partial charge in [-0.25, -0.2) is 9.50 Å². The van der Waals surface area contributed by atoms with Crippen LogP contribution in [0.1, 0.15) is 16.7 Å². The number of pyridine rings is 2. The van der Waals surface area contributed by atoms with Crippen molar-refractivity contribution < 1.29 is 4.74 Å². The lowest BCUT2D eigenvalue weighted by Gasteiger charge is -2.36. The molecule has 6 rings (SSSR count). The topological polar surface area (TPSA) is 99.5 Å². The fourth-order valence-electron chi connectivity index (χ4n) is 5.28.